The summed E-state index contributed by atoms with van der Waals surface area (Å²) in [6, 6.07) is 16.9. The molecule has 2 atom stereocenters. The van der Waals surface area contributed by atoms with Crippen LogP contribution in [-0.2, 0) is 14.8 Å². The molecule has 8 heteroatoms. The Hall–Kier alpha value is -2.26. The summed E-state index contributed by atoms with van der Waals surface area (Å²) in [6.07, 6.45) is 0.895. The van der Waals surface area contributed by atoms with Crippen molar-refractivity contribution in [1.82, 2.24) is 14.5 Å². The zero-order valence-corrected chi connectivity index (χ0v) is 18.6. The van der Waals surface area contributed by atoms with E-state index in [-0.39, 0.29) is 16.8 Å². The molecule has 166 valence electrons. The first kappa shape index (κ1) is 22.0. The van der Waals surface area contributed by atoms with Gasteiger partial charge in [0.25, 0.3) is 5.91 Å². The van der Waals surface area contributed by atoms with Crippen molar-refractivity contribution in [1.29, 1.82) is 0 Å². The predicted molar refractivity (Wildman–Crippen MR) is 118 cm³/mol. The lowest BCUT2D eigenvalue weighted by molar-refractivity contribution is 0.0730. The molecule has 2 fully saturated rings. The van der Waals surface area contributed by atoms with Gasteiger partial charge in [0.2, 0.25) is 10.0 Å². The number of carbonyl (C=O) groups excluding carboxylic acids is 1. The number of carbonyl (C=O) groups is 1. The number of sulfonamides is 1. The molecule has 2 aliphatic rings. The lowest BCUT2D eigenvalue weighted by Crippen LogP contribution is -2.40. The van der Waals surface area contributed by atoms with E-state index in [2.05, 4.69) is 29.3 Å². The molecular formula is C23H29N3O4S. The van der Waals surface area contributed by atoms with Crippen LogP contribution in [0.15, 0.2) is 59.5 Å². The van der Waals surface area contributed by atoms with Crippen LogP contribution in [0.4, 0.5) is 0 Å². The van der Waals surface area contributed by atoms with Crippen molar-refractivity contribution in [3.05, 3.63) is 65.7 Å². The molecule has 2 saturated heterocycles. The average molecular weight is 444 g/mol. The Balaban J connectivity index is 1.35. The molecule has 2 aliphatic heterocycles. The van der Waals surface area contributed by atoms with Gasteiger partial charge < -0.3 is 10.1 Å². The van der Waals surface area contributed by atoms with Crippen LogP contribution in [0.2, 0.25) is 0 Å². The summed E-state index contributed by atoms with van der Waals surface area (Å²) in [4.78, 5) is 15.3. The number of ether oxygens (including phenoxy) is 1. The number of amides is 1. The Kier molecular flexibility index (Phi) is 6.71. The number of hydrogen-bond acceptors (Lipinski definition) is 5. The van der Waals surface area contributed by atoms with E-state index < -0.39 is 10.0 Å². The summed E-state index contributed by atoms with van der Waals surface area (Å²) in [5.74, 6) is -0.172. The minimum atomic E-state index is -3.56. The van der Waals surface area contributed by atoms with Crippen LogP contribution in [0.3, 0.4) is 0 Å². The van der Waals surface area contributed by atoms with Gasteiger partial charge in [-0.25, -0.2) is 8.42 Å². The highest BCUT2D eigenvalue weighted by Gasteiger charge is 2.29. The van der Waals surface area contributed by atoms with Crippen molar-refractivity contribution < 1.29 is 17.9 Å². The summed E-state index contributed by atoms with van der Waals surface area (Å²) in [5, 5.41) is 3.10. The molecule has 1 amide bonds. The van der Waals surface area contributed by atoms with Crippen molar-refractivity contribution in [3.8, 4) is 0 Å². The van der Waals surface area contributed by atoms with Crippen molar-refractivity contribution in [3.63, 3.8) is 0 Å². The van der Waals surface area contributed by atoms with E-state index in [1.807, 2.05) is 18.2 Å². The van der Waals surface area contributed by atoms with Gasteiger partial charge in [-0.3, -0.25) is 9.69 Å². The van der Waals surface area contributed by atoms with E-state index in [0.717, 1.165) is 19.5 Å². The first-order chi connectivity index (χ1) is 14.9. The second kappa shape index (κ2) is 9.48. The van der Waals surface area contributed by atoms with Crippen molar-refractivity contribution in [2.45, 2.75) is 30.3 Å². The van der Waals surface area contributed by atoms with Crippen molar-refractivity contribution >= 4 is 15.9 Å². The van der Waals surface area contributed by atoms with Crippen LogP contribution < -0.4 is 5.32 Å². The summed E-state index contributed by atoms with van der Waals surface area (Å²) in [7, 11) is -3.56. The van der Waals surface area contributed by atoms with Crippen LogP contribution >= 0.6 is 0 Å². The standard InChI is InChI=1S/C23H29N3O4S/c1-18(19-5-3-2-4-6-19)25-12-11-21(17-25)24-23(27)20-7-9-22(10-8-20)31(28,29)26-13-15-30-16-14-26/h2-10,18,21H,11-17H2,1H3,(H,24,27). The highest BCUT2D eigenvalue weighted by atomic mass is 32.2. The van der Waals surface area contributed by atoms with E-state index >= 15 is 0 Å². The van der Waals surface area contributed by atoms with Gasteiger partial charge >= 0.3 is 0 Å². The maximum Gasteiger partial charge on any atom is 0.251 e. The highest BCUT2D eigenvalue weighted by Crippen LogP contribution is 2.25. The third-order valence-corrected chi connectivity index (χ3v) is 8.02. The largest absolute Gasteiger partial charge is 0.379 e. The quantitative estimate of drug-likeness (QED) is 0.741. The Morgan fingerprint density at radius 2 is 1.71 bits per heavy atom. The van der Waals surface area contributed by atoms with Crippen LogP contribution in [0, 0.1) is 0 Å². The molecule has 0 aliphatic carbocycles. The summed E-state index contributed by atoms with van der Waals surface area (Å²) >= 11 is 0. The fourth-order valence-electron chi connectivity index (χ4n) is 4.18. The number of nitrogens with zero attached hydrogens (tertiary/aromatic N) is 2. The smallest absolute Gasteiger partial charge is 0.251 e. The molecule has 2 aromatic rings. The molecule has 1 N–H and O–H groups in total. The van der Waals surface area contributed by atoms with Gasteiger partial charge in [-0.1, -0.05) is 30.3 Å². The summed E-state index contributed by atoms with van der Waals surface area (Å²) < 4.78 is 32.1. The van der Waals surface area contributed by atoms with Gasteiger partial charge in [-0.15, -0.1) is 0 Å². The minimum absolute atomic E-state index is 0.0791. The molecule has 2 heterocycles. The number of rotatable bonds is 6. The van der Waals surface area contributed by atoms with E-state index in [0.29, 0.717) is 37.9 Å². The Labute approximate surface area is 184 Å². The molecule has 0 bridgehead atoms. The van der Waals surface area contributed by atoms with Gasteiger partial charge in [0.05, 0.1) is 18.1 Å². The Morgan fingerprint density at radius 1 is 1.03 bits per heavy atom. The molecule has 0 spiro atoms. The SMILES string of the molecule is CC(c1ccccc1)N1CCC(NC(=O)c2ccc(S(=O)(=O)N3CCOCC3)cc2)C1. The second-order valence-electron chi connectivity index (χ2n) is 8.08. The second-order valence-corrected chi connectivity index (χ2v) is 10.0. The van der Waals surface area contributed by atoms with Gasteiger partial charge in [0, 0.05) is 43.8 Å². The van der Waals surface area contributed by atoms with Gasteiger partial charge in [-0.2, -0.15) is 4.31 Å². The molecular weight excluding hydrogens is 414 g/mol. The topological polar surface area (TPSA) is 79.0 Å². The molecule has 4 rings (SSSR count). The minimum Gasteiger partial charge on any atom is -0.379 e. The Bertz CT molecular complexity index is 989. The van der Waals surface area contributed by atoms with Crippen LogP contribution in [-0.4, -0.2) is 69.0 Å². The summed E-state index contributed by atoms with van der Waals surface area (Å²) in [6.45, 7) is 5.42. The van der Waals surface area contributed by atoms with E-state index in [9.17, 15) is 13.2 Å². The average Bonchev–Trinajstić information content (AvgIpc) is 3.28. The first-order valence-corrected chi connectivity index (χ1v) is 12.2. The van der Waals surface area contributed by atoms with Gasteiger partial charge in [0.1, 0.15) is 0 Å². The van der Waals surface area contributed by atoms with Crippen LogP contribution in [0.5, 0.6) is 0 Å². The van der Waals surface area contributed by atoms with Gasteiger partial charge in [-0.05, 0) is 43.2 Å². The lowest BCUT2D eigenvalue weighted by atomic mass is 10.1. The van der Waals surface area contributed by atoms with Crippen LogP contribution in [0.25, 0.3) is 0 Å². The molecule has 0 saturated carbocycles. The molecule has 0 aromatic heterocycles. The lowest BCUT2D eigenvalue weighted by Gasteiger charge is -2.26. The number of nitrogens with one attached hydrogen (secondary N) is 1. The highest BCUT2D eigenvalue weighted by molar-refractivity contribution is 7.89. The van der Waals surface area contributed by atoms with Crippen molar-refractivity contribution in [2.75, 3.05) is 39.4 Å². The molecule has 31 heavy (non-hydrogen) atoms. The van der Waals surface area contributed by atoms with E-state index in [1.54, 1.807) is 12.1 Å². The predicted octanol–water partition coefficient (Wildman–Crippen LogP) is 2.27. The number of hydrogen-bond donors (Lipinski definition) is 1. The normalized spacial score (nSPS) is 21.6. The van der Waals surface area contributed by atoms with E-state index in [4.69, 9.17) is 4.74 Å². The molecule has 2 aromatic carbocycles. The Morgan fingerprint density at radius 3 is 2.39 bits per heavy atom. The monoisotopic (exact) mass is 443 g/mol. The molecule has 2 unspecified atom stereocenters. The maximum absolute atomic E-state index is 12.7. The van der Waals surface area contributed by atoms with E-state index in [1.165, 1.54) is 22.0 Å². The molecule has 0 radical (unpaired) electrons. The third-order valence-electron chi connectivity index (χ3n) is 6.11. The van der Waals surface area contributed by atoms with Gasteiger partial charge in [0.15, 0.2) is 0 Å². The number of benzene rings is 2. The fraction of sp³-hybridized carbons (Fsp3) is 0.435. The number of likely N-dealkylation sites (tertiary alicyclic amines) is 1. The fourth-order valence-corrected chi connectivity index (χ4v) is 5.59. The van der Waals surface area contributed by atoms with Crippen molar-refractivity contribution in [2.24, 2.45) is 0 Å². The number of morpholine rings is 1. The maximum atomic E-state index is 12.7. The zero-order chi connectivity index (χ0) is 21.8. The first-order valence-electron chi connectivity index (χ1n) is 10.7. The third kappa shape index (κ3) is 4.98. The summed E-state index contributed by atoms with van der Waals surface area (Å²) in [5.41, 5.74) is 1.74. The van der Waals surface area contributed by atoms with Crippen LogP contribution in [0.1, 0.15) is 35.3 Å². The molecule has 7 nitrogen and oxygen atoms in total. The zero-order valence-electron chi connectivity index (χ0n) is 17.7.